The quantitative estimate of drug-likeness (QED) is 0.448. The van der Waals surface area contributed by atoms with Crippen LogP contribution in [0.25, 0.3) is 22.4 Å². The van der Waals surface area contributed by atoms with Gasteiger partial charge >= 0.3 is 5.97 Å². The Hall–Kier alpha value is -4.00. The van der Waals surface area contributed by atoms with Crippen molar-refractivity contribution in [3.05, 3.63) is 76.5 Å². The summed E-state index contributed by atoms with van der Waals surface area (Å²) in [6, 6.07) is 15.0. The van der Waals surface area contributed by atoms with Crippen molar-refractivity contribution in [3.8, 4) is 11.3 Å². The molecule has 32 heavy (non-hydrogen) atoms. The second kappa shape index (κ2) is 7.60. The van der Waals surface area contributed by atoms with E-state index in [0.717, 1.165) is 22.4 Å². The third-order valence-corrected chi connectivity index (χ3v) is 5.84. The molecule has 1 aliphatic heterocycles. The van der Waals surface area contributed by atoms with E-state index in [-0.39, 0.29) is 5.91 Å². The Balaban J connectivity index is 1.59. The number of anilines is 1. The van der Waals surface area contributed by atoms with Crippen LogP contribution in [-0.2, 0) is 11.2 Å². The molecule has 2 aromatic heterocycles. The van der Waals surface area contributed by atoms with Crippen LogP contribution in [0.15, 0.2) is 53.1 Å². The molecule has 0 fully saturated rings. The van der Waals surface area contributed by atoms with Crippen molar-refractivity contribution in [2.45, 2.75) is 20.3 Å². The molecular weight excluding hydrogens is 406 g/mol. The minimum Gasteiger partial charge on any atom is -0.465 e. The normalized spacial score (nSPS) is 12.8. The second-order valence-electron chi connectivity index (χ2n) is 7.91. The van der Waals surface area contributed by atoms with Crippen LogP contribution in [0.2, 0.25) is 0 Å². The molecule has 160 valence electrons. The van der Waals surface area contributed by atoms with Crippen molar-refractivity contribution < 1.29 is 18.8 Å². The molecule has 0 N–H and O–H groups in total. The van der Waals surface area contributed by atoms with Gasteiger partial charge in [-0.1, -0.05) is 35.0 Å². The average molecular weight is 427 g/mol. The maximum Gasteiger partial charge on any atom is 0.337 e. The predicted octanol–water partition coefficient (Wildman–Crippen LogP) is 4.50. The molecule has 3 heterocycles. The number of aromatic nitrogens is 2. The van der Waals surface area contributed by atoms with Crippen molar-refractivity contribution in [1.82, 2.24) is 10.1 Å². The fraction of sp³-hybridized carbons (Fsp3) is 0.200. The standard InChI is InChI=1S/C25H21N3O4/c1-14-4-6-16(7-5-14)20-13-19(22-15(2)27-32-23(22)26-20)24(29)28-11-10-17-12-18(25(30)31-3)8-9-21(17)28/h4-9,12-13H,10-11H2,1-3H3. The van der Waals surface area contributed by atoms with Gasteiger partial charge in [0, 0.05) is 17.8 Å². The average Bonchev–Trinajstić information content (AvgIpc) is 3.41. The second-order valence-corrected chi connectivity index (χ2v) is 7.91. The van der Waals surface area contributed by atoms with Crippen LogP contribution < -0.4 is 4.90 Å². The summed E-state index contributed by atoms with van der Waals surface area (Å²) in [5, 5.41) is 4.66. The Morgan fingerprint density at radius 3 is 2.59 bits per heavy atom. The molecule has 4 aromatic rings. The zero-order chi connectivity index (χ0) is 22.4. The highest BCUT2D eigenvalue weighted by Gasteiger charge is 2.29. The van der Waals surface area contributed by atoms with Gasteiger partial charge in [-0.25, -0.2) is 9.78 Å². The number of methoxy groups -OCH3 is 1. The molecule has 2 aromatic carbocycles. The highest BCUT2D eigenvalue weighted by molar-refractivity contribution is 6.15. The van der Waals surface area contributed by atoms with Crippen LogP contribution in [0, 0.1) is 13.8 Å². The summed E-state index contributed by atoms with van der Waals surface area (Å²) in [5.41, 5.74) is 6.34. The zero-order valence-corrected chi connectivity index (χ0v) is 18.0. The first-order chi connectivity index (χ1) is 15.5. The number of fused-ring (bicyclic) bond motifs is 2. The van der Waals surface area contributed by atoms with Crippen LogP contribution in [0.4, 0.5) is 5.69 Å². The molecule has 5 rings (SSSR count). The molecule has 1 aliphatic rings. The monoisotopic (exact) mass is 427 g/mol. The van der Waals surface area contributed by atoms with Gasteiger partial charge in [0.25, 0.3) is 11.6 Å². The zero-order valence-electron chi connectivity index (χ0n) is 18.0. The van der Waals surface area contributed by atoms with E-state index in [0.29, 0.717) is 46.6 Å². The number of hydrogen-bond acceptors (Lipinski definition) is 6. The van der Waals surface area contributed by atoms with Gasteiger partial charge in [-0.3, -0.25) is 4.79 Å². The van der Waals surface area contributed by atoms with Crippen LogP contribution in [0.1, 0.15) is 37.5 Å². The van der Waals surface area contributed by atoms with Crippen molar-refractivity contribution in [3.63, 3.8) is 0 Å². The summed E-state index contributed by atoms with van der Waals surface area (Å²) in [4.78, 5) is 31.9. The maximum atomic E-state index is 13.7. The number of rotatable bonds is 3. The lowest BCUT2D eigenvalue weighted by Gasteiger charge is -2.18. The first-order valence-electron chi connectivity index (χ1n) is 10.3. The summed E-state index contributed by atoms with van der Waals surface area (Å²) in [5.74, 6) is -0.544. The van der Waals surface area contributed by atoms with Crippen LogP contribution in [0.5, 0.6) is 0 Å². The Kier molecular flexibility index (Phi) is 4.74. The number of pyridine rings is 1. The smallest absolute Gasteiger partial charge is 0.337 e. The van der Waals surface area contributed by atoms with Gasteiger partial charge < -0.3 is 14.2 Å². The minimum absolute atomic E-state index is 0.151. The molecule has 0 aliphatic carbocycles. The van der Waals surface area contributed by atoms with Crippen LogP contribution >= 0.6 is 0 Å². The lowest BCUT2D eigenvalue weighted by Crippen LogP contribution is -2.29. The van der Waals surface area contributed by atoms with Crippen LogP contribution in [0.3, 0.4) is 0 Å². The molecule has 7 nitrogen and oxygen atoms in total. The summed E-state index contributed by atoms with van der Waals surface area (Å²) in [6.45, 7) is 4.34. The highest BCUT2D eigenvalue weighted by atomic mass is 16.5. The van der Waals surface area contributed by atoms with Crippen molar-refractivity contribution >= 4 is 28.7 Å². The van der Waals surface area contributed by atoms with Gasteiger partial charge in [-0.05, 0) is 50.1 Å². The van der Waals surface area contributed by atoms with Crippen molar-refractivity contribution in [1.29, 1.82) is 0 Å². The molecule has 0 bridgehead atoms. The molecular formula is C25H21N3O4. The topological polar surface area (TPSA) is 85.5 Å². The first kappa shape index (κ1) is 19.9. The fourth-order valence-electron chi connectivity index (χ4n) is 4.14. The van der Waals surface area contributed by atoms with E-state index in [9.17, 15) is 9.59 Å². The minimum atomic E-state index is -0.392. The third kappa shape index (κ3) is 3.22. The van der Waals surface area contributed by atoms with Crippen LogP contribution in [-0.4, -0.2) is 35.7 Å². The van der Waals surface area contributed by atoms with E-state index in [1.54, 1.807) is 36.1 Å². The number of carbonyl (C=O) groups is 2. The number of aryl methyl sites for hydroxylation is 2. The Morgan fingerprint density at radius 1 is 1.06 bits per heavy atom. The Labute approximate surface area is 184 Å². The van der Waals surface area contributed by atoms with Gasteiger partial charge in [-0.2, -0.15) is 0 Å². The SMILES string of the molecule is COC(=O)c1ccc2c(c1)CCN2C(=O)c1cc(-c2ccc(C)cc2)nc2onc(C)c12. The number of esters is 1. The number of carbonyl (C=O) groups excluding carboxylic acids is 2. The van der Waals surface area contributed by atoms with Gasteiger partial charge in [0.1, 0.15) is 0 Å². The van der Waals surface area contributed by atoms with Crippen molar-refractivity contribution in [2.24, 2.45) is 0 Å². The molecule has 0 radical (unpaired) electrons. The number of ether oxygens (including phenoxy) is 1. The van der Waals surface area contributed by atoms with Gasteiger partial charge in [0.2, 0.25) is 0 Å². The van der Waals surface area contributed by atoms with Crippen molar-refractivity contribution in [2.75, 3.05) is 18.6 Å². The molecule has 1 amide bonds. The van der Waals surface area contributed by atoms with Gasteiger partial charge in [0.05, 0.1) is 35.0 Å². The van der Waals surface area contributed by atoms with E-state index in [1.807, 2.05) is 31.2 Å². The van der Waals surface area contributed by atoms with E-state index >= 15 is 0 Å². The fourth-order valence-corrected chi connectivity index (χ4v) is 4.14. The van der Waals surface area contributed by atoms with Gasteiger partial charge in [0.15, 0.2) is 0 Å². The number of hydrogen-bond donors (Lipinski definition) is 0. The van der Waals surface area contributed by atoms with E-state index in [2.05, 4.69) is 10.1 Å². The number of amides is 1. The van der Waals surface area contributed by atoms with Gasteiger partial charge in [-0.15, -0.1) is 0 Å². The largest absolute Gasteiger partial charge is 0.465 e. The lowest BCUT2D eigenvalue weighted by molar-refractivity contribution is 0.0600. The Bertz CT molecular complexity index is 1370. The predicted molar refractivity (Wildman–Crippen MR) is 120 cm³/mol. The van der Waals surface area contributed by atoms with E-state index < -0.39 is 5.97 Å². The maximum absolute atomic E-state index is 13.7. The summed E-state index contributed by atoms with van der Waals surface area (Å²) >= 11 is 0. The first-order valence-corrected chi connectivity index (χ1v) is 10.3. The molecule has 0 spiro atoms. The molecule has 0 saturated carbocycles. The summed E-state index contributed by atoms with van der Waals surface area (Å²) < 4.78 is 10.2. The van der Waals surface area contributed by atoms with E-state index in [1.165, 1.54) is 7.11 Å². The summed E-state index contributed by atoms with van der Waals surface area (Å²) in [6.07, 6.45) is 0.660. The number of benzene rings is 2. The molecule has 0 unspecified atom stereocenters. The Morgan fingerprint density at radius 2 is 1.84 bits per heavy atom. The lowest BCUT2D eigenvalue weighted by atomic mass is 10.0. The highest BCUT2D eigenvalue weighted by Crippen LogP contribution is 2.33. The third-order valence-electron chi connectivity index (χ3n) is 5.84. The molecule has 7 heteroatoms. The molecule has 0 saturated heterocycles. The number of nitrogens with zero attached hydrogens (tertiary/aromatic N) is 3. The summed E-state index contributed by atoms with van der Waals surface area (Å²) in [7, 11) is 1.35. The molecule has 0 atom stereocenters. The van der Waals surface area contributed by atoms with E-state index in [4.69, 9.17) is 9.26 Å².